The molecule has 32 heavy (non-hydrogen) atoms. The maximum absolute atomic E-state index is 13.2. The third-order valence-electron chi connectivity index (χ3n) is 5.76. The van der Waals surface area contributed by atoms with Gasteiger partial charge in [-0.25, -0.2) is 9.31 Å². The molecule has 172 valence electrons. The number of methoxy groups -OCH3 is 1. The Morgan fingerprint density at radius 1 is 1.25 bits per heavy atom. The molecule has 0 bridgehead atoms. The molecule has 0 radical (unpaired) electrons. The minimum absolute atomic E-state index is 0.238. The van der Waals surface area contributed by atoms with Crippen LogP contribution in [0.4, 0.5) is 0 Å². The van der Waals surface area contributed by atoms with E-state index in [9.17, 15) is 9.59 Å². The molecule has 0 spiro atoms. The fraction of sp³-hybridized carbons (Fsp3) is 0.500. The van der Waals surface area contributed by atoms with E-state index < -0.39 is 23.8 Å². The Hall–Kier alpha value is -3.00. The monoisotopic (exact) mass is 440 g/mol. The number of ether oxygens (including phenoxy) is 2. The molecule has 2 atom stereocenters. The van der Waals surface area contributed by atoms with Crippen molar-refractivity contribution in [3.63, 3.8) is 0 Å². The highest BCUT2D eigenvalue weighted by Crippen LogP contribution is 2.41. The van der Waals surface area contributed by atoms with Gasteiger partial charge in [0, 0.05) is 30.1 Å². The van der Waals surface area contributed by atoms with Crippen molar-refractivity contribution in [1.82, 2.24) is 14.5 Å². The number of allylic oxidation sites excluding steroid dienone is 1. The van der Waals surface area contributed by atoms with Gasteiger partial charge in [0.2, 0.25) is 0 Å². The van der Waals surface area contributed by atoms with Crippen LogP contribution in [0.5, 0.6) is 0 Å². The first-order valence-corrected chi connectivity index (χ1v) is 10.8. The largest absolute Gasteiger partial charge is 0.468 e. The summed E-state index contributed by atoms with van der Waals surface area (Å²) in [5.41, 5.74) is 4.13. The Labute approximate surface area is 188 Å². The Kier molecular flexibility index (Phi) is 7.13. The maximum atomic E-state index is 13.2. The molecule has 2 aromatic rings. The van der Waals surface area contributed by atoms with E-state index in [1.54, 1.807) is 18.4 Å². The van der Waals surface area contributed by atoms with Crippen molar-refractivity contribution in [3.05, 3.63) is 46.9 Å². The summed E-state index contributed by atoms with van der Waals surface area (Å²) in [5, 5.41) is 4.67. The number of hydrogen-bond donors (Lipinski definition) is 0. The van der Waals surface area contributed by atoms with E-state index in [-0.39, 0.29) is 12.5 Å². The van der Waals surface area contributed by atoms with E-state index in [1.807, 2.05) is 43.4 Å². The standard InChI is InChI=1S/C24H32N4O4/c1-14(2)18-13-19-17(9-8-10-28(19)26-18)22-20(23(29)31-7)15(3)25-16(4)21(22)24(30)32-12-11-27(5)6/h8-10,13-14,20,22H,11-12H2,1-7H3. The molecular formula is C24H32N4O4. The van der Waals surface area contributed by atoms with Crippen molar-refractivity contribution in [2.45, 2.75) is 39.5 Å². The third kappa shape index (κ3) is 4.60. The second-order valence-corrected chi connectivity index (χ2v) is 8.69. The summed E-state index contributed by atoms with van der Waals surface area (Å²) in [7, 11) is 5.17. The highest BCUT2D eigenvalue weighted by Gasteiger charge is 2.43. The molecule has 2 aromatic heterocycles. The van der Waals surface area contributed by atoms with Crippen molar-refractivity contribution in [2.75, 3.05) is 34.4 Å². The molecule has 3 rings (SSSR count). The van der Waals surface area contributed by atoms with Gasteiger partial charge in [-0.2, -0.15) is 5.10 Å². The zero-order valence-corrected chi connectivity index (χ0v) is 19.9. The lowest BCUT2D eigenvalue weighted by molar-refractivity contribution is -0.144. The van der Waals surface area contributed by atoms with Crippen molar-refractivity contribution in [3.8, 4) is 0 Å². The molecule has 1 aliphatic heterocycles. The first-order chi connectivity index (χ1) is 15.1. The second kappa shape index (κ2) is 9.65. The molecule has 8 heteroatoms. The normalized spacial score (nSPS) is 19.0. The molecular weight excluding hydrogens is 408 g/mol. The van der Waals surface area contributed by atoms with Gasteiger partial charge in [-0.1, -0.05) is 19.9 Å². The quantitative estimate of drug-likeness (QED) is 0.615. The zero-order valence-electron chi connectivity index (χ0n) is 19.9. The van der Waals surface area contributed by atoms with Crippen LogP contribution in [0.25, 0.3) is 5.52 Å². The molecule has 0 aliphatic carbocycles. The Bertz CT molecular complexity index is 1080. The maximum Gasteiger partial charge on any atom is 0.336 e. The Balaban J connectivity index is 2.17. The summed E-state index contributed by atoms with van der Waals surface area (Å²) in [4.78, 5) is 32.6. The number of nitrogens with zero attached hydrogens (tertiary/aromatic N) is 4. The average Bonchev–Trinajstić information content (AvgIpc) is 3.17. The van der Waals surface area contributed by atoms with Crippen LogP contribution in [0.3, 0.4) is 0 Å². The number of rotatable bonds is 7. The predicted molar refractivity (Wildman–Crippen MR) is 123 cm³/mol. The Morgan fingerprint density at radius 2 is 1.97 bits per heavy atom. The van der Waals surface area contributed by atoms with Crippen molar-refractivity contribution in [2.24, 2.45) is 10.9 Å². The van der Waals surface area contributed by atoms with E-state index in [4.69, 9.17) is 9.47 Å². The van der Waals surface area contributed by atoms with E-state index in [2.05, 4.69) is 23.9 Å². The highest BCUT2D eigenvalue weighted by molar-refractivity contribution is 6.07. The fourth-order valence-corrected chi connectivity index (χ4v) is 4.07. The van der Waals surface area contributed by atoms with Crippen LogP contribution in [0.2, 0.25) is 0 Å². The first kappa shape index (κ1) is 23.7. The summed E-state index contributed by atoms with van der Waals surface area (Å²) < 4.78 is 12.5. The van der Waals surface area contributed by atoms with Gasteiger partial charge in [0.1, 0.15) is 12.5 Å². The summed E-state index contributed by atoms with van der Waals surface area (Å²) in [5.74, 6) is -1.99. The Morgan fingerprint density at radius 3 is 2.59 bits per heavy atom. The summed E-state index contributed by atoms with van der Waals surface area (Å²) in [6.07, 6.45) is 1.87. The van der Waals surface area contributed by atoms with Gasteiger partial charge in [-0.05, 0) is 51.6 Å². The minimum atomic E-state index is -0.733. The second-order valence-electron chi connectivity index (χ2n) is 8.69. The van der Waals surface area contributed by atoms with Gasteiger partial charge in [-0.3, -0.25) is 9.79 Å². The van der Waals surface area contributed by atoms with Crippen molar-refractivity contribution in [1.29, 1.82) is 0 Å². The minimum Gasteiger partial charge on any atom is -0.468 e. The summed E-state index contributed by atoms with van der Waals surface area (Å²) in [6.45, 7) is 8.57. The van der Waals surface area contributed by atoms with Crippen LogP contribution in [0.15, 0.2) is 40.7 Å². The number of hydrogen-bond acceptors (Lipinski definition) is 7. The molecule has 2 unspecified atom stereocenters. The highest BCUT2D eigenvalue weighted by atomic mass is 16.5. The lowest BCUT2D eigenvalue weighted by Crippen LogP contribution is -2.36. The SMILES string of the molecule is COC(=O)C1C(C)=NC(C)=C(C(=O)OCCN(C)C)C1c1cccn2nc(C(C)C)cc12. The number of aliphatic imine (C=N–C) groups is 1. The van der Waals surface area contributed by atoms with Crippen LogP contribution in [-0.2, 0) is 19.1 Å². The van der Waals surface area contributed by atoms with Crippen LogP contribution in [0, 0.1) is 5.92 Å². The van der Waals surface area contributed by atoms with Gasteiger partial charge in [0.15, 0.2) is 0 Å². The number of carbonyl (C=O) groups excluding carboxylic acids is 2. The summed E-state index contributed by atoms with van der Waals surface area (Å²) >= 11 is 0. The fourth-order valence-electron chi connectivity index (χ4n) is 4.07. The number of likely N-dealkylation sites (N-methyl/N-ethyl adjacent to an activating group) is 1. The van der Waals surface area contributed by atoms with Gasteiger partial charge in [0.25, 0.3) is 0 Å². The molecule has 0 saturated carbocycles. The molecule has 0 amide bonds. The smallest absolute Gasteiger partial charge is 0.336 e. The molecule has 3 heterocycles. The number of esters is 2. The van der Waals surface area contributed by atoms with Crippen LogP contribution < -0.4 is 0 Å². The van der Waals surface area contributed by atoms with Crippen LogP contribution in [-0.4, -0.2) is 66.5 Å². The topological polar surface area (TPSA) is 85.5 Å². The number of carbonyl (C=O) groups is 2. The zero-order chi connectivity index (χ0) is 23.6. The molecule has 8 nitrogen and oxygen atoms in total. The van der Waals surface area contributed by atoms with E-state index in [0.717, 1.165) is 16.8 Å². The van der Waals surface area contributed by atoms with Crippen molar-refractivity contribution < 1.29 is 19.1 Å². The molecule has 0 aromatic carbocycles. The van der Waals surface area contributed by atoms with E-state index in [0.29, 0.717) is 23.5 Å². The van der Waals surface area contributed by atoms with Gasteiger partial charge < -0.3 is 14.4 Å². The molecule has 1 aliphatic rings. The molecule has 0 fully saturated rings. The first-order valence-electron chi connectivity index (χ1n) is 10.8. The van der Waals surface area contributed by atoms with Crippen LogP contribution >= 0.6 is 0 Å². The van der Waals surface area contributed by atoms with Gasteiger partial charge in [-0.15, -0.1) is 0 Å². The number of pyridine rings is 1. The van der Waals surface area contributed by atoms with E-state index in [1.165, 1.54) is 7.11 Å². The van der Waals surface area contributed by atoms with E-state index >= 15 is 0 Å². The molecule has 0 saturated heterocycles. The lowest BCUT2D eigenvalue weighted by atomic mass is 9.75. The summed E-state index contributed by atoms with van der Waals surface area (Å²) in [6, 6.07) is 5.82. The van der Waals surface area contributed by atoms with Crippen LogP contribution in [0.1, 0.15) is 50.8 Å². The predicted octanol–water partition coefficient (Wildman–Crippen LogP) is 3.18. The lowest BCUT2D eigenvalue weighted by Gasteiger charge is -2.31. The van der Waals surface area contributed by atoms with Gasteiger partial charge in [0.05, 0.1) is 23.9 Å². The van der Waals surface area contributed by atoms with Gasteiger partial charge >= 0.3 is 11.9 Å². The number of aromatic nitrogens is 2. The number of fused-ring (bicyclic) bond motifs is 1. The van der Waals surface area contributed by atoms with Crippen molar-refractivity contribution >= 4 is 23.2 Å². The molecule has 0 N–H and O–H groups in total. The average molecular weight is 441 g/mol. The third-order valence-corrected chi connectivity index (χ3v) is 5.76.